The molecule has 3 aromatic heterocycles. The highest BCUT2D eigenvalue weighted by atomic mass is 16.2. The van der Waals surface area contributed by atoms with Gasteiger partial charge < -0.3 is 4.90 Å². The Labute approximate surface area is 173 Å². The summed E-state index contributed by atoms with van der Waals surface area (Å²) < 4.78 is 3.53. The summed E-state index contributed by atoms with van der Waals surface area (Å²) in [6, 6.07) is 12.1. The minimum Gasteiger partial charge on any atom is -0.334 e. The molecule has 0 saturated carbocycles. The summed E-state index contributed by atoms with van der Waals surface area (Å²) in [5, 5.41) is 9.02. The molecule has 152 valence electrons. The maximum atomic E-state index is 13.0. The van der Waals surface area contributed by atoms with Crippen LogP contribution in [0.25, 0.3) is 5.78 Å². The van der Waals surface area contributed by atoms with Crippen LogP contribution in [-0.2, 0) is 19.4 Å². The largest absolute Gasteiger partial charge is 0.334 e. The van der Waals surface area contributed by atoms with Gasteiger partial charge >= 0.3 is 0 Å². The fourth-order valence-electron chi connectivity index (χ4n) is 3.81. The van der Waals surface area contributed by atoms with Crippen LogP contribution in [0.2, 0.25) is 0 Å². The first kappa shape index (κ1) is 18.4. The highest BCUT2D eigenvalue weighted by Gasteiger charge is 2.25. The van der Waals surface area contributed by atoms with Crippen molar-refractivity contribution in [2.75, 3.05) is 13.1 Å². The second-order valence-corrected chi connectivity index (χ2v) is 7.56. The molecule has 9 nitrogen and oxygen atoms in total. The smallest absolute Gasteiger partial charge is 0.293 e. The highest BCUT2D eigenvalue weighted by molar-refractivity contribution is 5.90. The van der Waals surface area contributed by atoms with Crippen molar-refractivity contribution in [1.82, 2.24) is 39.2 Å². The van der Waals surface area contributed by atoms with Crippen LogP contribution in [0.3, 0.4) is 0 Å². The number of aryl methyl sites for hydroxylation is 2. The first-order chi connectivity index (χ1) is 14.6. The Morgan fingerprint density at radius 1 is 1.00 bits per heavy atom. The lowest BCUT2D eigenvalue weighted by atomic mass is 10.1. The molecule has 0 aliphatic carbocycles. The molecular formula is C21H22N8O. The molecule has 1 aromatic carbocycles. The van der Waals surface area contributed by atoms with Crippen LogP contribution in [-0.4, -0.2) is 58.2 Å². The number of nitrogens with zero attached hydrogens (tertiary/aromatic N) is 8. The third-order valence-electron chi connectivity index (χ3n) is 5.28. The van der Waals surface area contributed by atoms with Crippen molar-refractivity contribution in [3.8, 4) is 0 Å². The van der Waals surface area contributed by atoms with Crippen molar-refractivity contribution in [3.05, 3.63) is 70.8 Å². The third-order valence-corrected chi connectivity index (χ3v) is 5.28. The zero-order chi connectivity index (χ0) is 20.7. The average molecular weight is 402 g/mol. The van der Waals surface area contributed by atoms with E-state index in [1.807, 2.05) is 42.8 Å². The molecule has 9 heteroatoms. The predicted octanol–water partition coefficient (Wildman–Crippen LogP) is 1.62. The van der Waals surface area contributed by atoms with Gasteiger partial charge in [-0.25, -0.2) is 19.2 Å². The third kappa shape index (κ3) is 3.42. The molecule has 0 radical (unpaired) electrons. The van der Waals surface area contributed by atoms with E-state index in [1.165, 1.54) is 5.56 Å². The van der Waals surface area contributed by atoms with E-state index in [0.717, 1.165) is 23.0 Å². The molecule has 5 rings (SSSR count). The van der Waals surface area contributed by atoms with Crippen molar-refractivity contribution in [2.45, 2.75) is 33.2 Å². The molecule has 1 aliphatic heterocycles. The molecule has 0 spiro atoms. The molecule has 0 bridgehead atoms. The van der Waals surface area contributed by atoms with Gasteiger partial charge in [0.1, 0.15) is 5.82 Å². The van der Waals surface area contributed by atoms with Gasteiger partial charge in [-0.3, -0.25) is 4.79 Å². The Kier molecular flexibility index (Phi) is 4.50. The van der Waals surface area contributed by atoms with Crippen LogP contribution in [0.5, 0.6) is 0 Å². The molecule has 0 atom stereocenters. The number of carbonyl (C=O) groups is 1. The molecule has 1 aliphatic rings. The second kappa shape index (κ2) is 7.33. The van der Waals surface area contributed by atoms with Gasteiger partial charge in [0.2, 0.25) is 5.82 Å². The van der Waals surface area contributed by atoms with E-state index in [-0.39, 0.29) is 11.7 Å². The number of benzene rings is 1. The fraction of sp³-hybridized carbons (Fsp3) is 0.333. The Morgan fingerprint density at radius 2 is 1.83 bits per heavy atom. The SMILES string of the molecule is Cc1cc(C)n2nc(C(=O)N3CCc4nc(Cc5ccccc5)nn4CC3)nc2n1. The number of rotatable bonds is 3. The van der Waals surface area contributed by atoms with Crippen molar-refractivity contribution < 1.29 is 4.79 Å². The van der Waals surface area contributed by atoms with E-state index >= 15 is 0 Å². The molecule has 0 unspecified atom stereocenters. The van der Waals surface area contributed by atoms with E-state index < -0.39 is 0 Å². The normalized spacial score (nSPS) is 14.0. The maximum Gasteiger partial charge on any atom is 0.293 e. The summed E-state index contributed by atoms with van der Waals surface area (Å²) in [6.07, 6.45) is 1.36. The molecule has 30 heavy (non-hydrogen) atoms. The van der Waals surface area contributed by atoms with Crippen molar-refractivity contribution in [2.24, 2.45) is 0 Å². The van der Waals surface area contributed by atoms with Gasteiger partial charge in [-0.15, -0.1) is 5.10 Å². The molecule has 4 heterocycles. The van der Waals surface area contributed by atoms with Crippen molar-refractivity contribution >= 4 is 11.7 Å². The second-order valence-electron chi connectivity index (χ2n) is 7.56. The number of fused-ring (bicyclic) bond motifs is 2. The maximum absolute atomic E-state index is 13.0. The van der Waals surface area contributed by atoms with Crippen LogP contribution in [0.4, 0.5) is 0 Å². The number of carbonyl (C=O) groups excluding carboxylic acids is 1. The van der Waals surface area contributed by atoms with Crippen LogP contribution >= 0.6 is 0 Å². The molecule has 0 N–H and O–H groups in total. The van der Waals surface area contributed by atoms with E-state index in [0.29, 0.717) is 38.3 Å². The molecule has 0 fully saturated rings. The number of hydrogen-bond donors (Lipinski definition) is 0. The summed E-state index contributed by atoms with van der Waals surface area (Å²) in [5.74, 6) is 2.16. The molecule has 4 aromatic rings. The highest BCUT2D eigenvalue weighted by Crippen LogP contribution is 2.13. The van der Waals surface area contributed by atoms with Crippen molar-refractivity contribution in [1.29, 1.82) is 0 Å². The monoisotopic (exact) mass is 402 g/mol. The van der Waals surface area contributed by atoms with Gasteiger partial charge in [0.05, 0.1) is 6.54 Å². The van der Waals surface area contributed by atoms with Gasteiger partial charge in [-0.05, 0) is 25.5 Å². The standard InChI is InChI=1S/C21H22N8O/c1-14-12-15(2)29-21(22-14)24-19(26-29)20(30)27-9-8-18-23-17(25-28(18)11-10-27)13-16-6-4-3-5-7-16/h3-7,12H,8-11,13H2,1-2H3. The Bertz CT molecular complexity index is 1200. The Balaban J connectivity index is 1.31. The first-order valence-corrected chi connectivity index (χ1v) is 10.0. The van der Waals surface area contributed by atoms with Crippen LogP contribution in [0.1, 0.15) is 39.2 Å². The lowest BCUT2D eigenvalue weighted by Crippen LogP contribution is -2.34. The Hall–Kier alpha value is -3.62. The number of amides is 1. The molecule has 1 amide bonds. The van der Waals surface area contributed by atoms with Gasteiger partial charge in [0.25, 0.3) is 11.7 Å². The van der Waals surface area contributed by atoms with Crippen molar-refractivity contribution in [3.63, 3.8) is 0 Å². The van der Waals surface area contributed by atoms with Gasteiger partial charge in [0, 0.05) is 37.3 Å². The van der Waals surface area contributed by atoms with E-state index in [9.17, 15) is 4.79 Å². The number of hydrogen-bond acceptors (Lipinski definition) is 6. The summed E-state index contributed by atoms with van der Waals surface area (Å²) in [4.78, 5) is 28.2. The van der Waals surface area contributed by atoms with E-state index in [1.54, 1.807) is 9.42 Å². The van der Waals surface area contributed by atoms with Crippen LogP contribution in [0, 0.1) is 13.8 Å². The molecular weight excluding hydrogens is 380 g/mol. The zero-order valence-electron chi connectivity index (χ0n) is 17.0. The lowest BCUT2D eigenvalue weighted by Gasteiger charge is -2.17. The van der Waals surface area contributed by atoms with Gasteiger partial charge in [-0.2, -0.15) is 10.1 Å². The summed E-state index contributed by atoms with van der Waals surface area (Å²) in [7, 11) is 0. The van der Waals surface area contributed by atoms with Crippen LogP contribution < -0.4 is 0 Å². The van der Waals surface area contributed by atoms with Crippen LogP contribution in [0.15, 0.2) is 36.4 Å². The topological polar surface area (TPSA) is 94.1 Å². The average Bonchev–Trinajstić information content (AvgIpc) is 3.27. The summed E-state index contributed by atoms with van der Waals surface area (Å²) >= 11 is 0. The minimum atomic E-state index is -0.187. The minimum absolute atomic E-state index is 0.175. The molecule has 0 saturated heterocycles. The van der Waals surface area contributed by atoms with Gasteiger partial charge in [0.15, 0.2) is 5.82 Å². The lowest BCUT2D eigenvalue weighted by molar-refractivity contribution is 0.0746. The van der Waals surface area contributed by atoms with Gasteiger partial charge in [-0.1, -0.05) is 30.3 Å². The summed E-state index contributed by atoms with van der Waals surface area (Å²) in [6.45, 7) is 5.53. The van der Waals surface area contributed by atoms with E-state index in [2.05, 4.69) is 32.3 Å². The van der Waals surface area contributed by atoms with E-state index in [4.69, 9.17) is 4.98 Å². The fourth-order valence-corrected chi connectivity index (χ4v) is 3.81. The predicted molar refractivity (Wildman–Crippen MR) is 109 cm³/mol. The summed E-state index contributed by atoms with van der Waals surface area (Å²) in [5.41, 5.74) is 2.94. The number of aromatic nitrogens is 7. The zero-order valence-corrected chi connectivity index (χ0v) is 17.0. The quantitative estimate of drug-likeness (QED) is 0.517. The Morgan fingerprint density at radius 3 is 2.67 bits per heavy atom. The first-order valence-electron chi connectivity index (χ1n) is 10.0.